The van der Waals surface area contributed by atoms with Gasteiger partial charge in [-0.25, -0.2) is 14.3 Å². The number of aromatic amines is 1. The van der Waals surface area contributed by atoms with Gasteiger partial charge in [-0.1, -0.05) is 11.6 Å². The molecule has 1 aliphatic rings. The van der Waals surface area contributed by atoms with Crippen LogP contribution in [0.25, 0.3) is 11.1 Å². The van der Waals surface area contributed by atoms with Crippen molar-refractivity contribution in [3.8, 4) is 16.9 Å². The molecular formula is C23H23ClFN5O4. The minimum absolute atomic E-state index is 0.0326. The molecule has 0 atom stereocenters. The average Bonchev–Trinajstić information content (AvgIpc) is 3.13. The van der Waals surface area contributed by atoms with Crippen molar-refractivity contribution in [1.29, 1.82) is 0 Å². The molecule has 1 saturated heterocycles. The van der Waals surface area contributed by atoms with Crippen LogP contribution >= 0.6 is 11.6 Å². The molecular weight excluding hydrogens is 465 g/mol. The number of hydrogen-bond acceptors (Lipinski definition) is 5. The van der Waals surface area contributed by atoms with Crippen LogP contribution in [-0.4, -0.2) is 63.1 Å². The Bertz CT molecular complexity index is 1340. The number of halogens is 2. The molecule has 2 heterocycles. The summed E-state index contributed by atoms with van der Waals surface area (Å²) < 4.78 is 22.2. The summed E-state index contributed by atoms with van der Waals surface area (Å²) in [6.45, 7) is 2.52. The highest BCUT2D eigenvalue weighted by Gasteiger charge is 2.26. The molecule has 9 nitrogen and oxygen atoms in total. The molecule has 0 unspecified atom stereocenters. The van der Waals surface area contributed by atoms with Gasteiger partial charge in [-0.2, -0.15) is 5.10 Å². The number of nitrogens with one attached hydrogen (secondary N) is 1. The molecule has 1 aliphatic heterocycles. The van der Waals surface area contributed by atoms with E-state index in [1.54, 1.807) is 38.1 Å². The molecule has 11 heteroatoms. The van der Waals surface area contributed by atoms with Crippen molar-refractivity contribution in [2.75, 3.05) is 26.7 Å². The van der Waals surface area contributed by atoms with Crippen LogP contribution in [0.3, 0.4) is 0 Å². The molecule has 1 N–H and O–H groups in total. The number of aromatic nitrogens is 3. The van der Waals surface area contributed by atoms with Crippen LogP contribution in [0.5, 0.6) is 5.75 Å². The maximum atomic E-state index is 15.0. The summed E-state index contributed by atoms with van der Waals surface area (Å²) >= 11 is 6.33. The fraction of sp³-hybridized carbons (Fsp3) is 0.304. The molecule has 4 rings (SSSR count). The number of rotatable bonds is 5. The molecule has 2 amide bonds. The number of amides is 2. The van der Waals surface area contributed by atoms with Crippen molar-refractivity contribution in [2.24, 2.45) is 7.05 Å². The van der Waals surface area contributed by atoms with Gasteiger partial charge in [-0.3, -0.25) is 14.2 Å². The zero-order chi connectivity index (χ0) is 24.6. The van der Waals surface area contributed by atoms with E-state index in [1.165, 1.54) is 27.7 Å². The number of carbonyl (C=O) groups excluding carboxylic acids is 2. The first-order valence-electron chi connectivity index (χ1n) is 10.5. The Balaban J connectivity index is 1.69. The molecule has 0 saturated carbocycles. The van der Waals surface area contributed by atoms with Crippen LogP contribution in [0.1, 0.15) is 21.7 Å². The third kappa shape index (κ3) is 4.54. The van der Waals surface area contributed by atoms with Crippen LogP contribution < -0.4 is 10.4 Å². The van der Waals surface area contributed by atoms with Crippen LogP contribution in [-0.2, 0) is 18.4 Å². The Morgan fingerprint density at radius 1 is 1.18 bits per heavy atom. The molecule has 1 aromatic heterocycles. The summed E-state index contributed by atoms with van der Waals surface area (Å²) in [5.74, 6) is -0.420. The van der Waals surface area contributed by atoms with Crippen molar-refractivity contribution in [3.05, 3.63) is 68.6 Å². The topological polar surface area (TPSA) is 101 Å². The van der Waals surface area contributed by atoms with E-state index < -0.39 is 5.82 Å². The summed E-state index contributed by atoms with van der Waals surface area (Å²) in [5, 5.41) is 6.64. The van der Waals surface area contributed by atoms with E-state index in [9.17, 15) is 18.8 Å². The molecule has 2 aromatic carbocycles. The lowest BCUT2D eigenvalue weighted by atomic mass is 9.99. The second-order valence-corrected chi connectivity index (χ2v) is 8.53. The van der Waals surface area contributed by atoms with Gasteiger partial charge in [0.25, 0.3) is 5.91 Å². The molecule has 0 radical (unpaired) electrons. The minimum atomic E-state index is -0.567. The summed E-state index contributed by atoms with van der Waals surface area (Å²) in [6, 6.07) is 7.26. The van der Waals surface area contributed by atoms with E-state index in [0.717, 1.165) is 0 Å². The number of aryl methyl sites for hydroxylation is 1. The van der Waals surface area contributed by atoms with E-state index in [0.29, 0.717) is 40.8 Å². The smallest absolute Gasteiger partial charge is 0.343 e. The van der Waals surface area contributed by atoms with Gasteiger partial charge < -0.3 is 14.5 Å². The lowest BCUT2D eigenvalue weighted by molar-refractivity contribution is -0.133. The summed E-state index contributed by atoms with van der Waals surface area (Å²) in [5.41, 5.74) is 1.04. The Labute approximate surface area is 199 Å². The molecule has 178 valence electrons. The normalized spacial score (nSPS) is 14.0. The fourth-order valence-electron chi connectivity index (χ4n) is 3.61. The standard InChI is InChI=1S/C23H23ClFN5O4/c1-13-8-19(34-12-20-26-27-23(33)29(20)3)16(10-17(13)24)15-9-14(4-5-18(15)25)22(32)30-7-6-28(2)21(31)11-30/h4-5,8-10H,6-7,11-12H2,1-3H3,(H,27,33). The van der Waals surface area contributed by atoms with E-state index in [2.05, 4.69) is 10.2 Å². The quantitative estimate of drug-likeness (QED) is 0.595. The number of piperazine rings is 1. The monoisotopic (exact) mass is 487 g/mol. The van der Waals surface area contributed by atoms with Crippen LogP contribution in [0.4, 0.5) is 4.39 Å². The highest BCUT2D eigenvalue weighted by Crippen LogP contribution is 2.37. The molecule has 3 aromatic rings. The maximum Gasteiger partial charge on any atom is 0.343 e. The summed E-state index contributed by atoms with van der Waals surface area (Å²) in [7, 11) is 3.24. The minimum Gasteiger partial charge on any atom is -0.485 e. The largest absolute Gasteiger partial charge is 0.485 e. The highest BCUT2D eigenvalue weighted by molar-refractivity contribution is 6.31. The average molecular weight is 488 g/mol. The lowest BCUT2D eigenvalue weighted by Crippen LogP contribution is -2.50. The predicted octanol–water partition coefficient (Wildman–Crippen LogP) is 2.37. The Kier molecular flexibility index (Phi) is 6.43. The second-order valence-electron chi connectivity index (χ2n) is 8.13. The zero-order valence-electron chi connectivity index (χ0n) is 18.9. The van der Waals surface area contributed by atoms with Gasteiger partial charge >= 0.3 is 5.69 Å². The van der Waals surface area contributed by atoms with Crippen molar-refractivity contribution in [1.82, 2.24) is 24.6 Å². The molecule has 34 heavy (non-hydrogen) atoms. The first-order chi connectivity index (χ1) is 16.2. The Hall–Kier alpha value is -3.66. The van der Waals surface area contributed by atoms with Crippen molar-refractivity contribution >= 4 is 23.4 Å². The van der Waals surface area contributed by atoms with Crippen LogP contribution in [0, 0.1) is 12.7 Å². The van der Waals surface area contributed by atoms with Crippen molar-refractivity contribution in [3.63, 3.8) is 0 Å². The number of likely N-dealkylation sites (N-methyl/N-ethyl adjacent to an activating group) is 1. The first-order valence-corrected chi connectivity index (χ1v) is 10.9. The SMILES string of the molecule is Cc1cc(OCc2n[nH]c(=O)n2C)c(-c2cc(C(=O)N3CCN(C)C(=O)C3)ccc2F)cc1Cl. The third-order valence-corrected chi connectivity index (χ3v) is 6.25. The van der Waals surface area contributed by atoms with E-state index in [-0.39, 0.29) is 41.8 Å². The molecule has 0 aliphatic carbocycles. The highest BCUT2D eigenvalue weighted by atomic mass is 35.5. The van der Waals surface area contributed by atoms with Gasteiger partial charge in [0, 0.05) is 48.9 Å². The molecule has 0 spiro atoms. The lowest BCUT2D eigenvalue weighted by Gasteiger charge is -2.32. The summed E-state index contributed by atoms with van der Waals surface area (Å²) in [6.07, 6.45) is 0. The second kappa shape index (κ2) is 9.30. The first kappa shape index (κ1) is 23.5. The zero-order valence-corrected chi connectivity index (χ0v) is 19.6. The van der Waals surface area contributed by atoms with Gasteiger partial charge in [0.05, 0.1) is 0 Å². The van der Waals surface area contributed by atoms with Gasteiger partial charge in [-0.05, 0) is 42.8 Å². The van der Waals surface area contributed by atoms with Crippen LogP contribution in [0.2, 0.25) is 5.02 Å². The van der Waals surface area contributed by atoms with Crippen molar-refractivity contribution < 1.29 is 18.7 Å². The number of benzene rings is 2. The van der Waals surface area contributed by atoms with E-state index >= 15 is 0 Å². The van der Waals surface area contributed by atoms with Gasteiger partial charge in [-0.15, -0.1) is 0 Å². The molecule has 0 bridgehead atoms. The Morgan fingerprint density at radius 3 is 2.62 bits per heavy atom. The third-order valence-electron chi connectivity index (χ3n) is 5.84. The van der Waals surface area contributed by atoms with E-state index in [1.807, 2.05) is 0 Å². The maximum absolute atomic E-state index is 15.0. The van der Waals surface area contributed by atoms with Gasteiger partial charge in [0.2, 0.25) is 5.91 Å². The summed E-state index contributed by atoms with van der Waals surface area (Å²) in [4.78, 5) is 39.7. The van der Waals surface area contributed by atoms with Gasteiger partial charge in [0.15, 0.2) is 5.82 Å². The number of ether oxygens (including phenoxy) is 1. The van der Waals surface area contributed by atoms with Crippen molar-refractivity contribution in [2.45, 2.75) is 13.5 Å². The molecule has 1 fully saturated rings. The number of carbonyl (C=O) groups is 2. The van der Waals surface area contributed by atoms with E-state index in [4.69, 9.17) is 16.3 Å². The van der Waals surface area contributed by atoms with Gasteiger partial charge in [0.1, 0.15) is 24.7 Å². The van der Waals surface area contributed by atoms with Crippen LogP contribution in [0.15, 0.2) is 35.1 Å². The number of H-pyrrole nitrogens is 1. The predicted molar refractivity (Wildman–Crippen MR) is 123 cm³/mol. The Morgan fingerprint density at radius 2 is 1.94 bits per heavy atom. The number of hydrogen-bond donors (Lipinski definition) is 1. The number of nitrogens with zero attached hydrogens (tertiary/aromatic N) is 4. The fourth-order valence-corrected chi connectivity index (χ4v) is 3.78.